The van der Waals surface area contributed by atoms with Gasteiger partial charge in [-0.3, -0.25) is 14.9 Å². The molecule has 0 spiro atoms. The van der Waals surface area contributed by atoms with E-state index in [-0.39, 0.29) is 28.4 Å². The van der Waals surface area contributed by atoms with E-state index in [1.807, 2.05) is 0 Å². The Morgan fingerprint density at radius 1 is 1.28 bits per heavy atom. The number of nitro groups is 1. The molecule has 0 aliphatic heterocycles. The van der Waals surface area contributed by atoms with Gasteiger partial charge in [0.05, 0.1) is 16.1 Å². The van der Waals surface area contributed by atoms with Crippen molar-refractivity contribution in [3.63, 3.8) is 0 Å². The van der Waals surface area contributed by atoms with Gasteiger partial charge in [0.25, 0.3) is 11.6 Å². The molecule has 132 valence electrons. The number of rotatable bonds is 4. The highest BCUT2D eigenvalue weighted by Gasteiger charge is 2.24. The normalized spacial score (nSPS) is 15.1. The molecule has 1 N–H and O–H groups in total. The number of aryl methyl sites for hydroxylation is 1. The maximum Gasteiger partial charge on any atom is 0.281 e. The van der Waals surface area contributed by atoms with Crippen LogP contribution in [-0.2, 0) is 0 Å². The summed E-state index contributed by atoms with van der Waals surface area (Å²) in [5.41, 5.74) is 0.555. The van der Waals surface area contributed by atoms with Crippen LogP contribution in [0.25, 0.3) is 11.3 Å². The van der Waals surface area contributed by atoms with Crippen LogP contribution in [0, 0.1) is 17.0 Å². The van der Waals surface area contributed by atoms with E-state index in [9.17, 15) is 14.9 Å². The van der Waals surface area contributed by atoms with E-state index in [0.29, 0.717) is 16.9 Å². The summed E-state index contributed by atoms with van der Waals surface area (Å²) in [6.07, 6.45) is 5.42. The molecule has 1 amide bonds. The van der Waals surface area contributed by atoms with Crippen LogP contribution in [0.2, 0.25) is 5.02 Å². The number of hydrogen-bond donors (Lipinski definition) is 1. The first-order valence-electron chi connectivity index (χ1n) is 8.31. The largest absolute Gasteiger partial charge is 0.460 e. The second-order valence-corrected chi connectivity index (χ2v) is 6.74. The van der Waals surface area contributed by atoms with Gasteiger partial charge in [-0.1, -0.05) is 30.9 Å². The molecule has 3 rings (SSSR count). The van der Waals surface area contributed by atoms with Crippen molar-refractivity contribution in [3.05, 3.63) is 50.7 Å². The molecule has 0 bridgehead atoms. The minimum Gasteiger partial charge on any atom is -0.460 e. The second-order valence-electron chi connectivity index (χ2n) is 6.31. The quantitative estimate of drug-likeness (QED) is 0.620. The number of nitro benzene ring substituents is 1. The highest BCUT2D eigenvalue weighted by molar-refractivity contribution is 6.30. The van der Waals surface area contributed by atoms with Crippen molar-refractivity contribution in [1.29, 1.82) is 0 Å². The van der Waals surface area contributed by atoms with Gasteiger partial charge in [-0.15, -0.1) is 0 Å². The van der Waals surface area contributed by atoms with Crippen molar-refractivity contribution in [1.82, 2.24) is 5.32 Å². The monoisotopic (exact) mass is 362 g/mol. The fourth-order valence-electron chi connectivity index (χ4n) is 3.21. The zero-order chi connectivity index (χ0) is 18.0. The molecule has 0 atom stereocenters. The Morgan fingerprint density at radius 2 is 2.00 bits per heavy atom. The third-order valence-electron chi connectivity index (χ3n) is 4.52. The third-order valence-corrected chi connectivity index (χ3v) is 4.76. The van der Waals surface area contributed by atoms with E-state index >= 15 is 0 Å². The molecule has 0 radical (unpaired) electrons. The highest BCUT2D eigenvalue weighted by atomic mass is 35.5. The minimum atomic E-state index is -0.513. The van der Waals surface area contributed by atoms with Crippen LogP contribution in [0.5, 0.6) is 0 Å². The van der Waals surface area contributed by atoms with E-state index < -0.39 is 4.92 Å². The van der Waals surface area contributed by atoms with Crippen LogP contribution in [0.3, 0.4) is 0 Å². The van der Waals surface area contributed by atoms with Gasteiger partial charge in [0, 0.05) is 17.1 Å². The zero-order valence-corrected chi connectivity index (χ0v) is 14.6. The third kappa shape index (κ3) is 3.85. The first kappa shape index (κ1) is 17.5. The number of hydrogen-bond acceptors (Lipinski definition) is 4. The molecule has 1 heterocycles. The van der Waals surface area contributed by atoms with Crippen LogP contribution in [0.4, 0.5) is 5.69 Å². The molecule has 1 fully saturated rings. The predicted molar refractivity (Wildman–Crippen MR) is 94.9 cm³/mol. The van der Waals surface area contributed by atoms with E-state index in [2.05, 4.69) is 5.32 Å². The molecule has 0 saturated heterocycles. The van der Waals surface area contributed by atoms with Crippen molar-refractivity contribution in [3.8, 4) is 11.3 Å². The fourth-order valence-corrected chi connectivity index (χ4v) is 3.38. The molecule has 1 aliphatic carbocycles. The van der Waals surface area contributed by atoms with Gasteiger partial charge in [0.1, 0.15) is 11.5 Å². The van der Waals surface area contributed by atoms with Gasteiger partial charge in [0.15, 0.2) is 0 Å². The van der Waals surface area contributed by atoms with Crippen molar-refractivity contribution in [2.75, 3.05) is 0 Å². The van der Waals surface area contributed by atoms with Gasteiger partial charge in [-0.2, -0.15) is 0 Å². The molecule has 1 saturated carbocycles. The first-order chi connectivity index (χ1) is 12.0. The summed E-state index contributed by atoms with van der Waals surface area (Å²) >= 11 is 5.84. The smallest absolute Gasteiger partial charge is 0.281 e. The number of benzene rings is 1. The summed E-state index contributed by atoms with van der Waals surface area (Å²) in [6, 6.07) is 6.11. The molecular weight excluding hydrogens is 344 g/mol. The lowest BCUT2D eigenvalue weighted by Crippen LogP contribution is -2.36. The van der Waals surface area contributed by atoms with Gasteiger partial charge >= 0.3 is 0 Å². The molecule has 6 nitrogen and oxygen atoms in total. The first-order valence-corrected chi connectivity index (χ1v) is 8.69. The lowest BCUT2D eigenvalue weighted by Gasteiger charge is -2.22. The van der Waals surface area contributed by atoms with Crippen molar-refractivity contribution in [2.45, 2.75) is 45.1 Å². The van der Waals surface area contributed by atoms with Crippen molar-refractivity contribution < 1.29 is 14.1 Å². The molecule has 0 unspecified atom stereocenters. The summed E-state index contributed by atoms with van der Waals surface area (Å²) in [4.78, 5) is 23.3. The summed E-state index contributed by atoms with van der Waals surface area (Å²) in [5.74, 6) is 0.526. The Morgan fingerprint density at radius 3 is 2.68 bits per heavy atom. The standard InChI is InChI=1S/C18H19ClN2O4/c1-11-15(18(22)20-13-5-3-2-4-6-13)10-17(25-11)14-8-7-12(19)9-16(14)21(23)24/h7-10,13H,2-6H2,1H3,(H,20,22). The molecule has 1 aliphatic rings. The lowest BCUT2D eigenvalue weighted by molar-refractivity contribution is -0.384. The minimum absolute atomic E-state index is 0.152. The van der Waals surface area contributed by atoms with Crippen LogP contribution in [0.1, 0.15) is 48.2 Å². The second kappa shape index (κ2) is 7.27. The van der Waals surface area contributed by atoms with Gasteiger partial charge in [-0.25, -0.2) is 0 Å². The number of halogens is 1. The maximum atomic E-state index is 12.5. The van der Waals surface area contributed by atoms with E-state index in [0.717, 1.165) is 25.7 Å². The summed E-state index contributed by atoms with van der Waals surface area (Å²) < 4.78 is 5.63. The van der Waals surface area contributed by atoms with E-state index in [4.69, 9.17) is 16.0 Å². The number of nitrogens with zero attached hydrogens (tertiary/aromatic N) is 1. The van der Waals surface area contributed by atoms with Crippen molar-refractivity contribution in [2.24, 2.45) is 0 Å². The fraction of sp³-hybridized carbons (Fsp3) is 0.389. The van der Waals surface area contributed by atoms with Crippen LogP contribution in [-0.4, -0.2) is 16.9 Å². The summed E-state index contributed by atoms with van der Waals surface area (Å²) in [5, 5.41) is 14.6. The molecule has 1 aromatic carbocycles. The van der Waals surface area contributed by atoms with E-state index in [1.54, 1.807) is 19.1 Å². The Balaban J connectivity index is 1.87. The number of amides is 1. The van der Waals surface area contributed by atoms with Gasteiger partial charge < -0.3 is 9.73 Å². The Labute approximate surface area is 150 Å². The van der Waals surface area contributed by atoms with Gasteiger partial charge in [-0.05, 0) is 38.0 Å². The Bertz CT molecular complexity index is 809. The molecule has 7 heteroatoms. The van der Waals surface area contributed by atoms with Crippen LogP contribution < -0.4 is 5.32 Å². The number of carbonyl (C=O) groups is 1. The molecular formula is C18H19ClN2O4. The number of carbonyl (C=O) groups excluding carboxylic acids is 1. The average molecular weight is 363 g/mol. The SMILES string of the molecule is Cc1oc(-c2ccc(Cl)cc2[N+](=O)[O-])cc1C(=O)NC1CCCCC1. The lowest BCUT2D eigenvalue weighted by atomic mass is 9.95. The topological polar surface area (TPSA) is 85.4 Å². The average Bonchev–Trinajstić information content (AvgIpc) is 2.97. The number of nitrogens with one attached hydrogen (secondary N) is 1. The molecule has 25 heavy (non-hydrogen) atoms. The van der Waals surface area contributed by atoms with Crippen LogP contribution in [0.15, 0.2) is 28.7 Å². The van der Waals surface area contributed by atoms with Gasteiger partial charge in [0.2, 0.25) is 0 Å². The number of furan rings is 1. The zero-order valence-electron chi connectivity index (χ0n) is 13.9. The van der Waals surface area contributed by atoms with E-state index in [1.165, 1.54) is 18.6 Å². The Kier molecular flexibility index (Phi) is 5.08. The maximum absolute atomic E-state index is 12.5. The molecule has 1 aromatic heterocycles. The molecule has 2 aromatic rings. The summed E-state index contributed by atoms with van der Waals surface area (Å²) in [7, 11) is 0. The Hall–Kier alpha value is -2.34. The predicted octanol–water partition coefficient (Wildman–Crippen LogP) is 4.88. The highest BCUT2D eigenvalue weighted by Crippen LogP contribution is 2.34. The summed E-state index contributed by atoms with van der Waals surface area (Å²) in [6.45, 7) is 1.68. The van der Waals surface area contributed by atoms with Crippen LogP contribution >= 0.6 is 11.6 Å². The van der Waals surface area contributed by atoms with Crippen molar-refractivity contribution >= 4 is 23.2 Å².